The molecule has 0 N–H and O–H groups in total. The minimum absolute atomic E-state index is 0.234. The molecule has 1 aromatic carbocycles. The van der Waals surface area contributed by atoms with Crippen LogP contribution < -0.4 is 9.04 Å². The molecule has 3 aromatic rings. The fourth-order valence-electron chi connectivity index (χ4n) is 3.69. The summed E-state index contributed by atoms with van der Waals surface area (Å²) in [5, 5.41) is 4.37. The second kappa shape index (κ2) is 7.18. The molecule has 8 heteroatoms. The first-order chi connectivity index (χ1) is 14.1. The lowest BCUT2D eigenvalue weighted by Gasteiger charge is -2.20. The van der Waals surface area contributed by atoms with Crippen molar-refractivity contribution in [2.75, 3.05) is 17.5 Å². The quantitative estimate of drug-likeness (QED) is 0.461. The number of hydrogen-bond donors (Lipinski definition) is 0. The Morgan fingerprint density at radius 2 is 2.00 bits per heavy atom. The van der Waals surface area contributed by atoms with Gasteiger partial charge in [-0.1, -0.05) is 6.07 Å². The van der Waals surface area contributed by atoms with Crippen molar-refractivity contribution in [2.24, 2.45) is 0 Å². The van der Waals surface area contributed by atoms with Gasteiger partial charge in [0, 0.05) is 29.2 Å². The molecule has 0 spiro atoms. The van der Waals surface area contributed by atoms with Crippen molar-refractivity contribution < 1.29 is 9.13 Å². The zero-order valence-electron chi connectivity index (χ0n) is 16.2. The van der Waals surface area contributed by atoms with E-state index in [0.717, 1.165) is 41.4 Å². The molecular weight excluding hydrogens is 389 g/mol. The Balaban J connectivity index is 1.53. The van der Waals surface area contributed by atoms with E-state index >= 15 is 0 Å². The van der Waals surface area contributed by atoms with E-state index in [2.05, 4.69) is 39.3 Å². The van der Waals surface area contributed by atoms with Crippen molar-refractivity contribution in [3.05, 3.63) is 59.3 Å². The van der Waals surface area contributed by atoms with E-state index in [1.54, 1.807) is 18.3 Å². The minimum atomic E-state index is -0.482. The first kappa shape index (κ1) is 18.2. The third-order valence-electron chi connectivity index (χ3n) is 5.08. The third-order valence-corrected chi connectivity index (χ3v) is 6.26. The van der Waals surface area contributed by atoms with Gasteiger partial charge in [0.15, 0.2) is 0 Å². The zero-order chi connectivity index (χ0) is 20.0. The maximum atomic E-state index is 13.6. The molecule has 0 radical (unpaired) electrons. The molecule has 2 aliphatic rings. The molecule has 2 aromatic heterocycles. The zero-order valence-corrected chi connectivity index (χ0v) is 17.0. The highest BCUT2D eigenvalue weighted by molar-refractivity contribution is 8.04. The van der Waals surface area contributed by atoms with E-state index in [1.807, 2.05) is 22.9 Å². The molecule has 0 saturated heterocycles. The Labute approximate surface area is 172 Å². The summed E-state index contributed by atoms with van der Waals surface area (Å²) in [4.78, 5) is 9.42. The SMILES string of the molecule is CC(C)n1ncnc1N1CC2=C(CCOc3ccc(-c4ccnc(F)c4)cc32)S1. The fourth-order valence-corrected chi connectivity index (χ4v) is 4.82. The molecule has 29 heavy (non-hydrogen) atoms. The predicted molar refractivity (Wildman–Crippen MR) is 112 cm³/mol. The fraction of sp³-hybridized carbons (Fsp3) is 0.286. The van der Waals surface area contributed by atoms with Gasteiger partial charge in [-0.2, -0.15) is 14.5 Å². The molecule has 0 saturated carbocycles. The molecule has 0 bridgehead atoms. The summed E-state index contributed by atoms with van der Waals surface area (Å²) >= 11 is 1.70. The van der Waals surface area contributed by atoms with Crippen molar-refractivity contribution in [1.82, 2.24) is 19.7 Å². The number of aromatic nitrogens is 4. The number of rotatable bonds is 3. The Hall–Kier alpha value is -2.87. The van der Waals surface area contributed by atoms with Gasteiger partial charge in [0.05, 0.1) is 19.2 Å². The van der Waals surface area contributed by atoms with Crippen molar-refractivity contribution in [1.29, 1.82) is 0 Å². The average molecular weight is 409 g/mol. The van der Waals surface area contributed by atoms with Gasteiger partial charge in [-0.15, -0.1) is 0 Å². The molecule has 2 aliphatic heterocycles. The van der Waals surface area contributed by atoms with Gasteiger partial charge < -0.3 is 4.74 Å². The van der Waals surface area contributed by atoms with E-state index in [9.17, 15) is 4.39 Å². The predicted octanol–water partition coefficient (Wildman–Crippen LogP) is 4.72. The van der Waals surface area contributed by atoms with Crippen molar-refractivity contribution >= 4 is 23.5 Å². The van der Waals surface area contributed by atoms with Crippen LogP contribution in [0.5, 0.6) is 5.75 Å². The summed E-state index contributed by atoms with van der Waals surface area (Å²) in [7, 11) is 0. The number of halogens is 1. The maximum Gasteiger partial charge on any atom is 0.234 e. The molecule has 4 heterocycles. The smallest absolute Gasteiger partial charge is 0.234 e. The van der Waals surface area contributed by atoms with E-state index in [1.165, 1.54) is 22.7 Å². The third kappa shape index (κ3) is 3.27. The number of hydrogen-bond acceptors (Lipinski definition) is 6. The van der Waals surface area contributed by atoms with Gasteiger partial charge in [0.25, 0.3) is 0 Å². The number of pyridine rings is 1. The molecule has 0 fully saturated rings. The van der Waals surface area contributed by atoms with E-state index < -0.39 is 5.95 Å². The van der Waals surface area contributed by atoms with Gasteiger partial charge in [0.2, 0.25) is 11.9 Å². The van der Waals surface area contributed by atoms with Crippen LogP contribution in [0, 0.1) is 5.95 Å². The highest BCUT2D eigenvalue weighted by atomic mass is 32.2. The summed E-state index contributed by atoms with van der Waals surface area (Å²) in [6, 6.07) is 9.53. The van der Waals surface area contributed by atoms with Crippen LogP contribution in [0.4, 0.5) is 10.3 Å². The van der Waals surface area contributed by atoms with E-state index in [0.29, 0.717) is 6.61 Å². The topological polar surface area (TPSA) is 56.1 Å². The molecule has 0 aliphatic carbocycles. The number of nitrogens with zero attached hydrogens (tertiary/aromatic N) is 5. The summed E-state index contributed by atoms with van der Waals surface area (Å²) in [6.45, 7) is 5.55. The summed E-state index contributed by atoms with van der Waals surface area (Å²) < 4.78 is 23.7. The van der Waals surface area contributed by atoms with Crippen LogP contribution in [-0.4, -0.2) is 32.9 Å². The molecule has 6 nitrogen and oxygen atoms in total. The number of ether oxygens (including phenoxy) is 1. The summed E-state index contributed by atoms with van der Waals surface area (Å²) in [5.41, 5.74) is 4.03. The second-order valence-electron chi connectivity index (χ2n) is 7.30. The monoisotopic (exact) mass is 409 g/mol. The molecule has 0 unspecified atom stereocenters. The van der Waals surface area contributed by atoms with Crippen molar-refractivity contribution in [3.63, 3.8) is 0 Å². The molecule has 0 atom stereocenters. The van der Waals surface area contributed by atoms with Gasteiger partial charge >= 0.3 is 0 Å². The van der Waals surface area contributed by atoms with E-state index in [-0.39, 0.29) is 6.04 Å². The lowest BCUT2D eigenvalue weighted by molar-refractivity contribution is 0.326. The number of anilines is 1. The van der Waals surface area contributed by atoms with Gasteiger partial charge in [-0.05, 0) is 60.7 Å². The number of fused-ring (bicyclic) bond motifs is 2. The minimum Gasteiger partial charge on any atom is -0.493 e. The maximum absolute atomic E-state index is 13.6. The lowest BCUT2D eigenvalue weighted by atomic mass is 9.98. The Kier molecular flexibility index (Phi) is 4.50. The largest absolute Gasteiger partial charge is 0.493 e. The van der Waals surface area contributed by atoms with E-state index in [4.69, 9.17) is 4.74 Å². The average Bonchev–Trinajstić information content (AvgIpc) is 3.32. The normalized spacial score (nSPS) is 15.9. The van der Waals surface area contributed by atoms with Gasteiger partial charge in [-0.3, -0.25) is 4.31 Å². The number of benzene rings is 1. The van der Waals surface area contributed by atoms with Crippen LogP contribution in [-0.2, 0) is 0 Å². The van der Waals surface area contributed by atoms with Crippen LogP contribution >= 0.6 is 11.9 Å². The summed E-state index contributed by atoms with van der Waals surface area (Å²) in [6.07, 6.45) is 3.94. The molecule has 148 valence electrons. The highest BCUT2D eigenvalue weighted by Crippen LogP contribution is 2.46. The lowest BCUT2D eigenvalue weighted by Crippen LogP contribution is -2.19. The van der Waals surface area contributed by atoms with Crippen molar-refractivity contribution in [3.8, 4) is 16.9 Å². The van der Waals surface area contributed by atoms with Crippen LogP contribution in [0.3, 0.4) is 0 Å². The summed E-state index contributed by atoms with van der Waals surface area (Å²) in [5.74, 6) is 1.23. The Bertz CT molecular complexity index is 1110. The standard InChI is InChI=1S/C21H20FN5OS/c1-13(2)27-21(24-12-25-27)26-11-17-16-9-14(15-5-7-23-20(22)10-15)3-4-18(16)28-8-6-19(17)29-26/h3-5,7,9-10,12-13H,6,8,11H2,1-2H3. The molecule has 0 amide bonds. The van der Waals surface area contributed by atoms with Gasteiger partial charge in [-0.25, -0.2) is 9.67 Å². The first-order valence-electron chi connectivity index (χ1n) is 9.56. The van der Waals surface area contributed by atoms with Crippen molar-refractivity contribution in [2.45, 2.75) is 26.3 Å². The van der Waals surface area contributed by atoms with Gasteiger partial charge in [0.1, 0.15) is 12.1 Å². The highest BCUT2D eigenvalue weighted by Gasteiger charge is 2.31. The van der Waals surface area contributed by atoms with Crippen LogP contribution in [0.15, 0.2) is 47.8 Å². The van der Waals surface area contributed by atoms with Crippen LogP contribution in [0.2, 0.25) is 0 Å². The van der Waals surface area contributed by atoms with Crippen LogP contribution in [0.1, 0.15) is 31.9 Å². The molecular formula is C21H20FN5OS. The molecule has 5 rings (SSSR count). The van der Waals surface area contributed by atoms with Crippen LogP contribution in [0.25, 0.3) is 16.7 Å². The first-order valence-corrected chi connectivity index (χ1v) is 10.3. The second-order valence-corrected chi connectivity index (χ2v) is 8.42. The Morgan fingerprint density at radius 1 is 1.14 bits per heavy atom. The Morgan fingerprint density at radius 3 is 2.83 bits per heavy atom.